The molecule has 98 valence electrons. The number of nitrogens with zero attached hydrogens (tertiary/aromatic N) is 2. The van der Waals surface area contributed by atoms with Crippen LogP contribution in [0.3, 0.4) is 0 Å². The molecule has 0 saturated carbocycles. The summed E-state index contributed by atoms with van der Waals surface area (Å²) in [6, 6.07) is 6.72. The Morgan fingerprint density at radius 1 is 1.37 bits per heavy atom. The number of hydrogen-bond acceptors (Lipinski definition) is 3. The molecule has 1 aromatic heterocycles. The van der Waals surface area contributed by atoms with Gasteiger partial charge in [-0.2, -0.15) is 4.99 Å². The molecule has 1 N–H and O–H groups in total. The van der Waals surface area contributed by atoms with Gasteiger partial charge in [-0.15, -0.1) is 11.3 Å². The Balaban J connectivity index is 2.30. The van der Waals surface area contributed by atoms with Crippen molar-refractivity contribution in [3.63, 3.8) is 0 Å². The number of hydrogen-bond donors (Lipinski definition) is 1. The fourth-order valence-corrected chi connectivity index (χ4v) is 2.25. The summed E-state index contributed by atoms with van der Waals surface area (Å²) in [7, 11) is 1.83. The van der Waals surface area contributed by atoms with Crippen LogP contribution in [0.2, 0.25) is 0 Å². The molecule has 2 aromatic rings. The zero-order chi connectivity index (χ0) is 13.8. The third-order valence-corrected chi connectivity index (χ3v) is 3.23. The van der Waals surface area contributed by atoms with Crippen molar-refractivity contribution in [1.82, 2.24) is 4.57 Å². The zero-order valence-corrected chi connectivity index (χ0v) is 11.4. The highest BCUT2D eigenvalue weighted by Crippen LogP contribution is 2.11. The van der Waals surface area contributed by atoms with Crippen LogP contribution in [0.1, 0.15) is 17.3 Å². The molecule has 0 saturated heterocycles. The van der Waals surface area contributed by atoms with E-state index in [1.54, 1.807) is 28.8 Å². The van der Waals surface area contributed by atoms with Crippen molar-refractivity contribution >= 4 is 28.8 Å². The molecule has 1 heterocycles. The van der Waals surface area contributed by atoms with Crippen molar-refractivity contribution in [2.75, 3.05) is 5.32 Å². The Hall–Kier alpha value is -2.21. The molecule has 2 rings (SSSR count). The molecule has 0 unspecified atom stereocenters. The lowest BCUT2D eigenvalue weighted by atomic mass is 10.2. The van der Waals surface area contributed by atoms with E-state index < -0.39 is 0 Å². The zero-order valence-electron chi connectivity index (χ0n) is 10.6. The number of amides is 2. The van der Waals surface area contributed by atoms with Gasteiger partial charge in [0.1, 0.15) is 0 Å². The van der Waals surface area contributed by atoms with Gasteiger partial charge >= 0.3 is 0 Å². The molecule has 2 amide bonds. The van der Waals surface area contributed by atoms with Crippen LogP contribution < -0.4 is 10.1 Å². The first-order valence-electron chi connectivity index (χ1n) is 5.63. The predicted molar refractivity (Wildman–Crippen MR) is 73.9 cm³/mol. The molecule has 0 spiro atoms. The van der Waals surface area contributed by atoms with Crippen LogP contribution in [0.5, 0.6) is 0 Å². The van der Waals surface area contributed by atoms with Gasteiger partial charge in [0.25, 0.3) is 5.91 Å². The molecule has 0 aliphatic heterocycles. The maximum atomic E-state index is 12.0. The third kappa shape index (κ3) is 3.38. The van der Waals surface area contributed by atoms with Crippen LogP contribution >= 0.6 is 11.3 Å². The van der Waals surface area contributed by atoms with Crippen LogP contribution in [0.15, 0.2) is 40.8 Å². The normalized spacial score (nSPS) is 11.4. The monoisotopic (exact) mass is 275 g/mol. The van der Waals surface area contributed by atoms with Crippen LogP contribution in [-0.2, 0) is 11.8 Å². The van der Waals surface area contributed by atoms with Gasteiger partial charge in [-0.1, -0.05) is 6.07 Å². The maximum absolute atomic E-state index is 12.0. The van der Waals surface area contributed by atoms with Gasteiger partial charge < -0.3 is 9.88 Å². The summed E-state index contributed by atoms with van der Waals surface area (Å²) >= 11 is 1.39. The van der Waals surface area contributed by atoms with Crippen molar-refractivity contribution in [2.45, 2.75) is 6.92 Å². The van der Waals surface area contributed by atoms with Crippen molar-refractivity contribution in [3.8, 4) is 0 Å². The summed E-state index contributed by atoms with van der Waals surface area (Å²) in [5.74, 6) is -0.503. The van der Waals surface area contributed by atoms with E-state index in [0.29, 0.717) is 16.1 Å². The summed E-state index contributed by atoms with van der Waals surface area (Å²) in [6.45, 7) is 1.42. The molecule has 0 aliphatic carbocycles. The first-order valence-corrected chi connectivity index (χ1v) is 6.51. The molecule has 0 atom stereocenters. The highest BCUT2D eigenvalue weighted by molar-refractivity contribution is 7.07. The summed E-state index contributed by atoms with van der Waals surface area (Å²) in [5.41, 5.74) is 1.03. The lowest BCUT2D eigenvalue weighted by Gasteiger charge is -2.02. The summed E-state index contributed by atoms with van der Waals surface area (Å²) in [6.07, 6.45) is 1.84. The summed E-state index contributed by atoms with van der Waals surface area (Å²) in [4.78, 5) is 27.7. The van der Waals surface area contributed by atoms with Gasteiger partial charge in [-0.05, 0) is 18.2 Å². The van der Waals surface area contributed by atoms with E-state index in [1.807, 2.05) is 18.6 Å². The first-order chi connectivity index (χ1) is 9.06. The average Bonchev–Trinajstić information content (AvgIpc) is 2.74. The summed E-state index contributed by atoms with van der Waals surface area (Å²) < 4.78 is 1.78. The highest BCUT2D eigenvalue weighted by atomic mass is 32.1. The quantitative estimate of drug-likeness (QED) is 0.908. The second-order valence-corrected chi connectivity index (χ2v) is 4.85. The average molecular weight is 275 g/mol. The number of rotatable bonds is 2. The molecular weight excluding hydrogens is 262 g/mol. The molecule has 19 heavy (non-hydrogen) atoms. The number of thiazole rings is 1. The Morgan fingerprint density at radius 2 is 2.16 bits per heavy atom. The predicted octanol–water partition coefficient (Wildman–Crippen LogP) is 1.79. The van der Waals surface area contributed by atoms with E-state index in [0.717, 1.165) is 0 Å². The SMILES string of the molecule is CC(=O)Nc1cccc(C(=O)N=c2sccn2C)c1. The smallest absolute Gasteiger partial charge is 0.279 e. The molecule has 0 aliphatic rings. The molecular formula is C13H13N3O2S. The Morgan fingerprint density at radius 3 is 2.79 bits per heavy atom. The largest absolute Gasteiger partial charge is 0.327 e. The van der Waals surface area contributed by atoms with E-state index in [1.165, 1.54) is 18.3 Å². The number of carbonyl (C=O) groups is 2. The second kappa shape index (κ2) is 5.62. The highest BCUT2D eigenvalue weighted by Gasteiger charge is 2.06. The number of aromatic nitrogens is 1. The lowest BCUT2D eigenvalue weighted by Crippen LogP contribution is -2.13. The van der Waals surface area contributed by atoms with Gasteiger partial charge in [-0.3, -0.25) is 9.59 Å². The third-order valence-electron chi connectivity index (χ3n) is 2.39. The van der Waals surface area contributed by atoms with Gasteiger partial charge in [0.15, 0.2) is 4.80 Å². The van der Waals surface area contributed by atoms with Crippen molar-refractivity contribution in [3.05, 3.63) is 46.2 Å². The standard InChI is InChI=1S/C13H13N3O2S/c1-9(17)14-11-5-3-4-10(8-11)12(18)15-13-16(2)6-7-19-13/h3-8H,1-2H3,(H,14,17). The van der Waals surface area contributed by atoms with Crippen LogP contribution in [-0.4, -0.2) is 16.4 Å². The van der Waals surface area contributed by atoms with Crippen molar-refractivity contribution in [2.24, 2.45) is 12.0 Å². The first kappa shape index (κ1) is 13.2. The number of anilines is 1. The number of nitrogens with one attached hydrogen (secondary N) is 1. The lowest BCUT2D eigenvalue weighted by molar-refractivity contribution is -0.114. The van der Waals surface area contributed by atoms with E-state index in [4.69, 9.17) is 0 Å². The second-order valence-electron chi connectivity index (χ2n) is 3.98. The Bertz CT molecular complexity index is 685. The molecule has 5 nitrogen and oxygen atoms in total. The maximum Gasteiger partial charge on any atom is 0.279 e. The minimum Gasteiger partial charge on any atom is -0.327 e. The number of aryl methyl sites for hydroxylation is 1. The van der Waals surface area contributed by atoms with Crippen molar-refractivity contribution in [1.29, 1.82) is 0 Å². The molecule has 0 bridgehead atoms. The van der Waals surface area contributed by atoms with Crippen LogP contribution in [0, 0.1) is 0 Å². The fraction of sp³-hybridized carbons (Fsp3) is 0.154. The van der Waals surface area contributed by atoms with Crippen molar-refractivity contribution < 1.29 is 9.59 Å². The number of carbonyl (C=O) groups excluding carboxylic acids is 2. The number of benzene rings is 1. The molecule has 6 heteroatoms. The Kier molecular flexibility index (Phi) is 3.91. The van der Waals surface area contributed by atoms with Gasteiger partial charge in [0.05, 0.1) is 0 Å². The van der Waals surface area contributed by atoms with Gasteiger partial charge in [0, 0.05) is 36.8 Å². The molecule has 0 fully saturated rings. The topological polar surface area (TPSA) is 63.5 Å². The van der Waals surface area contributed by atoms with Gasteiger partial charge in [0.2, 0.25) is 5.91 Å². The van der Waals surface area contributed by atoms with Crippen LogP contribution in [0.25, 0.3) is 0 Å². The molecule has 1 aromatic carbocycles. The minimum atomic E-state index is -0.328. The van der Waals surface area contributed by atoms with E-state index in [-0.39, 0.29) is 11.8 Å². The van der Waals surface area contributed by atoms with E-state index >= 15 is 0 Å². The van der Waals surface area contributed by atoms with E-state index in [2.05, 4.69) is 10.3 Å². The van der Waals surface area contributed by atoms with E-state index in [9.17, 15) is 9.59 Å². The Labute approximate surface area is 114 Å². The fourth-order valence-electron chi connectivity index (χ4n) is 1.52. The minimum absolute atomic E-state index is 0.175. The van der Waals surface area contributed by atoms with Gasteiger partial charge in [-0.25, -0.2) is 0 Å². The summed E-state index contributed by atoms with van der Waals surface area (Å²) in [5, 5.41) is 4.50. The van der Waals surface area contributed by atoms with Crippen LogP contribution in [0.4, 0.5) is 5.69 Å². The molecule has 0 radical (unpaired) electrons.